The van der Waals surface area contributed by atoms with Crippen LogP contribution in [0.2, 0.25) is 0 Å². The standard InChI is InChI=1S/C15H29NO2/c1-3-4-12-5-6-13(17)11-15(12)16-9-7-14(18-2)8-10-16/h12-15,17H,3-11H2,1-2H3. The summed E-state index contributed by atoms with van der Waals surface area (Å²) in [5.41, 5.74) is 0. The lowest BCUT2D eigenvalue weighted by molar-refractivity contribution is -0.0173. The van der Waals surface area contributed by atoms with Crippen molar-refractivity contribution in [2.45, 2.75) is 70.1 Å². The summed E-state index contributed by atoms with van der Waals surface area (Å²) in [6.45, 7) is 4.57. The molecular weight excluding hydrogens is 226 g/mol. The molecule has 1 N–H and O–H groups in total. The molecule has 0 aromatic carbocycles. The van der Waals surface area contributed by atoms with Gasteiger partial charge >= 0.3 is 0 Å². The highest BCUT2D eigenvalue weighted by Crippen LogP contribution is 2.33. The molecule has 3 nitrogen and oxygen atoms in total. The quantitative estimate of drug-likeness (QED) is 0.837. The molecule has 2 fully saturated rings. The summed E-state index contributed by atoms with van der Waals surface area (Å²) >= 11 is 0. The first-order valence-electron chi connectivity index (χ1n) is 7.69. The zero-order valence-electron chi connectivity index (χ0n) is 12.0. The Bertz CT molecular complexity index is 239. The van der Waals surface area contributed by atoms with Gasteiger partial charge in [-0.3, -0.25) is 4.90 Å². The summed E-state index contributed by atoms with van der Waals surface area (Å²) in [4.78, 5) is 2.62. The Morgan fingerprint density at radius 3 is 2.50 bits per heavy atom. The molecule has 1 aliphatic heterocycles. The van der Waals surface area contributed by atoms with Gasteiger partial charge in [-0.15, -0.1) is 0 Å². The third-order valence-corrected chi connectivity index (χ3v) is 4.87. The van der Waals surface area contributed by atoms with E-state index in [2.05, 4.69) is 11.8 Å². The monoisotopic (exact) mass is 255 g/mol. The van der Waals surface area contributed by atoms with E-state index in [4.69, 9.17) is 4.74 Å². The van der Waals surface area contributed by atoms with E-state index in [-0.39, 0.29) is 6.10 Å². The van der Waals surface area contributed by atoms with Crippen LogP contribution in [-0.4, -0.2) is 48.5 Å². The highest BCUT2D eigenvalue weighted by atomic mass is 16.5. The number of aliphatic hydroxyl groups is 1. The molecule has 0 aromatic rings. The van der Waals surface area contributed by atoms with Crippen molar-refractivity contribution in [1.29, 1.82) is 0 Å². The first-order chi connectivity index (χ1) is 8.74. The average Bonchev–Trinajstić information content (AvgIpc) is 2.41. The van der Waals surface area contributed by atoms with E-state index in [1.54, 1.807) is 0 Å². The molecule has 2 aliphatic rings. The van der Waals surface area contributed by atoms with Crippen LogP contribution < -0.4 is 0 Å². The Labute approximate surface area is 112 Å². The molecule has 18 heavy (non-hydrogen) atoms. The fourth-order valence-corrected chi connectivity index (χ4v) is 3.79. The number of hydrogen-bond acceptors (Lipinski definition) is 3. The molecule has 1 saturated heterocycles. The molecule has 106 valence electrons. The van der Waals surface area contributed by atoms with Gasteiger partial charge in [0.15, 0.2) is 0 Å². The Morgan fingerprint density at radius 2 is 1.89 bits per heavy atom. The van der Waals surface area contributed by atoms with Crippen LogP contribution in [0.5, 0.6) is 0 Å². The third-order valence-electron chi connectivity index (χ3n) is 4.87. The second kappa shape index (κ2) is 6.88. The largest absolute Gasteiger partial charge is 0.393 e. The van der Waals surface area contributed by atoms with Crippen LogP contribution >= 0.6 is 0 Å². The van der Waals surface area contributed by atoms with Crippen molar-refractivity contribution in [1.82, 2.24) is 4.90 Å². The Balaban J connectivity index is 1.91. The van der Waals surface area contributed by atoms with Crippen molar-refractivity contribution in [2.75, 3.05) is 20.2 Å². The average molecular weight is 255 g/mol. The minimum absolute atomic E-state index is 0.0664. The van der Waals surface area contributed by atoms with E-state index in [0.717, 1.165) is 44.7 Å². The predicted octanol–water partition coefficient (Wildman–Crippen LogP) is 2.43. The van der Waals surface area contributed by atoms with Crippen molar-refractivity contribution >= 4 is 0 Å². The van der Waals surface area contributed by atoms with E-state index in [1.807, 2.05) is 7.11 Å². The molecule has 3 heteroatoms. The topological polar surface area (TPSA) is 32.7 Å². The molecule has 2 rings (SSSR count). The fourth-order valence-electron chi connectivity index (χ4n) is 3.79. The zero-order chi connectivity index (χ0) is 13.0. The minimum atomic E-state index is -0.0664. The number of aliphatic hydroxyl groups excluding tert-OH is 1. The van der Waals surface area contributed by atoms with E-state index < -0.39 is 0 Å². The van der Waals surface area contributed by atoms with Gasteiger partial charge in [-0.1, -0.05) is 13.3 Å². The van der Waals surface area contributed by atoms with Crippen molar-refractivity contribution in [3.8, 4) is 0 Å². The summed E-state index contributed by atoms with van der Waals surface area (Å²) in [6.07, 6.45) is 8.50. The summed E-state index contributed by atoms with van der Waals surface area (Å²) in [7, 11) is 1.82. The lowest BCUT2D eigenvalue weighted by Gasteiger charge is -2.44. The molecule has 1 saturated carbocycles. The van der Waals surface area contributed by atoms with E-state index in [0.29, 0.717) is 12.1 Å². The maximum Gasteiger partial charge on any atom is 0.0595 e. The van der Waals surface area contributed by atoms with E-state index in [9.17, 15) is 5.11 Å². The van der Waals surface area contributed by atoms with Crippen molar-refractivity contribution in [3.63, 3.8) is 0 Å². The van der Waals surface area contributed by atoms with Gasteiger partial charge in [0.1, 0.15) is 0 Å². The molecular formula is C15H29NO2. The second-order valence-corrected chi connectivity index (χ2v) is 6.05. The van der Waals surface area contributed by atoms with Gasteiger partial charge in [0.2, 0.25) is 0 Å². The molecule has 0 bridgehead atoms. The van der Waals surface area contributed by atoms with E-state index in [1.165, 1.54) is 19.3 Å². The number of likely N-dealkylation sites (tertiary alicyclic amines) is 1. The number of nitrogens with zero attached hydrogens (tertiary/aromatic N) is 1. The lowest BCUT2D eigenvalue weighted by atomic mass is 9.79. The van der Waals surface area contributed by atoms with Crippen molar-refractivity contribution in [3.05, 3.63) is 0 Å². The SMILES string of the molecule is CCCC1CCC(O)CC1N1CCC(OC)CC1. The van der Waals surface area contributed by atoms with Gasteiger partial charge in [-0.05, 0) is 44.4 Å². The molecule has 0 amide bonds. The Morgan fingerprint density at radius 1 is 1.17 bits per heavy atom. The number of piperidine rings is 1. The highest BCUT2D eigenvalue weighted by molar-refractivity contribution is 4.89. The number of hydrogen-bond donors (Lipinski definition) is 1. The Hall–Kier alpha value is -0.120. The molecule has 0 radical (unpaired) electrons. The Kier molecular flexibility index (Phi) is 5.46. The first-order valence-corrected chi connectivity index (χ1v) is 7.69. The van der Waals surface area contributed by atoms with Crippen LogP contribution in [-0.2, 0) is 4.74 Å². The second-order valence-electron chi connectivity index (χ2n) is 6.05. The maximum absolute atomic E-state index is 9.94. The smallest absolute Gasteiger partial charge is 0.0595 e. The number of rotatable bonds is 4. The normalized spacial score (nSPS) is 35.8. The van der Waals surface area contributed by atoms with Gasteiger partial charge < -0.3 is 9.84 Å². The van der Waals surface area contributed by atoms with E-state index >= 15 is 0 Å². The van der Waals surface area contributed by atoms with Crippen LogP contribution in [0.1, 0.15) is 51.9 Å². The zero-order valence-corrected chi connectivity index (χ0v) is 12.0. The van der Waals surface area contributed by atoms with Gasteiger partial charge in [0.05, 0.1) is 12.2 Å². The summed E-state index contributed by atoms with van der Waals surface area (Å²) in [6, 6.07) is 0.617. The fraction of sp³-hybridized carbons (Fsp3) is 1.00. The highest BCUT2D eigenvalue weighted by Gasteiger charge is 2.34. The third kappa shape index (κ3) is 3.46. The minimum Gasteiger partial charge on any atom is -0.393 e. The maximum atomic E-state index is 9.94. The van der Waals surface area contributed by atoms with Gasteiger partial charge in [-0.2, -0.15) is 0 Å². The van der Waals surface area contributed by atoms with Gasteiger partial charge in [0.25, 0.3) is 0 Å². The van der Waals surface area contributed by atoms with Gasteiger partial charge in [0, 0.05) is 26.2 Å². The molecule has 1 aliphatic carbocycles. The lowest BCUT2D eigenvalue weighted by Crippen LogP contribution is -2.49. The number of methoxy groups -OCH3 is 1. The molecule has 0 spiro atoms. The molecule has 3 unspecified atom stereocenters. The predicted molar refractivity (Wildman–Crippen MR) is 73.6 cm³/mol. The van der Waals surface area contributed by atoms with Crippen LogP contribution in [0.15, 0.2) is 0 Å². The molecule has 3 atom stereocenters. The van der Waals surface area contributed by atoms with Gasteiger partial charge in [-0.25, -0.2) is 0 Å². The molecule has 0 aromatic heterocycles. The van der Waals surface area contributed by atoms with Crippen LogP contribution in [0.4, 0.5) is 0 Å². The first kappa shape index (κ1) is 14.3. The van der Waals surface area contributed by atoms with Crippen LogP contribution in [0.25, 0.3) is 0 Å². The van der Waals surface area contributed by atoms with Crippen LogP contribution in [0.3, 0.4) is 0 Å². The molecule has 1 heterocycles. The number of ether oxygens (including phenoxy) is 1. The van der Waals surface area contributed by atoms with Crippen molar-refractivity contribution < 1.29 is 9.84 Å². The van der Waals surface area contributed by atoms with Crippen molar-refractivity contribution in [2.24, 2.45) is 5.92 Å². The summed E-state index contributed by atoms with van der Waals surface area (Å²) in [5, 5.41) is 9.94. The summed E-state index contributed by atoms with van der Waals surface area (Å²) < 4.78 is 5.45. The summed E-state index contributed by atoms with van der Waals surface area (Å²) in [5.74, 6) is 0.803. The van der Waals surface area contributed by atoms with Crippen LogP contribution in [0, 0.1) is 5.92 Å².